The third-order valence-electron chi connectivity index (χ3n) is 1.71. The summed E-state index contributed by atoms with van der Waals surface area (Å²) in [6.45, 7) is 0. The minimum Gasteiger partial charge on any atom is -1.00 e. The number of aliphatic carboxylic acids is 1. The normalized spacial score (nSPS) is 11.5. The number of nitrogens with two attached hydrogens (primary N) is 1. The van der Waals surface area contributed by atoms with E-state index in [1.54, 1.807) is 12.1 Å². The fourth-order valence-corrected chi connectivity index (χ4v) is 0.973. The first-order chi connectivity index (χ1) is 6.09. The Kier molecular flexibility index (Phi) is 5.52. The van der Waals surface area contributed by atoms with Crippen molar-refractivity contribution in [2.45, 2.75) is 12.5 Å². The molecule has 0 aliphatic heterocycles. The van der Waals surface area contributed by atoms with Gasteiger partial charge in [0.05, 0.1) is 0 Å². The molecular formula is C9H13MgNO3. The zero-order valence-corrected chi connectivity index (χ0v) is 9.10. The van der Waals surface area contributed by atoms with Gasteiger partial charge >= 0.3 is 29.0 Å². The molecule has 1 atom stereocenters. The predicted octanol–water partition coefficient (Wildman–Crippen LogP) is 0.191. The summed E-state index contributed by atoms with van der Waals surface area (Å²) in [4.78, 5) is 10.4. The Morgan fingerprint density at radius 1 is 1.43 bits per heavy atom. The zero-order chi connectivity index (χ0) is 9.84. The minimum atomic E-state index is -1.02. The molecule has 0 heterocycles. The maximum Gasteiger partial charge on any atom is 2.00 e. The summed E-state index contributed by atoms with van der Waals surface area (Å²) in [6, 6.07) is 5.42. The molecule has 0 amide bonds. The summed E-state index contributed by atoms with van der Waals surface area (Å²) in [5, 5.41) is 17.5. The Morgan fingerprint density at radius 3 is 2.36 bits per heavy atom. The van der Waals surface area contributed by atoms with E-state index in [1.165, 1.54) is 12.1 Å². The van der Waals surface area contributed by atoms with Gasteiger partial charge in [-0.25, -0.2) is 0 Å². The van der Waals surface area contributed by atoms with E-state index in [9.17, 15) is 4.79 Å². The van der Waals surface area contributed by atoms with Crippen LogP contribution in [0.15, 0.2) is 24.3 Å². The van der Waals surface area contributed by atoms with Crippen LogP contribution in [0.4, 0.5) is 0 Å². The zero-order valence-electron chi connectivity index (χ0n) is 9.68. The van der Waals surface area contributed by atoms with Crippen molar-refractivity contribution in [2.24, 2.45) is 5.73 Å². The Bertz CT molecular complexity index is 308. The van der Waals surface area contributed by atoms with Crippen LogP contribution in [-0.2, 0) is 11.2 Å². The van der Waals surface area contributed by atoms with E-state index in [0.29, 0.717) is 0 Å². The first kappa shape index (κ1) is 13.2. The Morgan fingerprint density at radius 2 is 1.93 bits per heavy atom. The first-order valence-corrected chi connectivity index (χ1v) is 3.86. The molecule has 0 spiro atoms. The summed E-state index contributed by atoms with van der Waals surface area (Å²) in [5.74, 6) is -0.860. The summed E-state index contributed by atoms with van der Waals surface area (Å²) in [6.07, 6.45) is 0.273. The van der Waals surface area contributed by atoms with Crippen molar-refractivity contribution in [3.8, 4) is 5.75 Å². The molecule has 14 heavy (non-hydrogen) atoms. The van der Waals surface area contributed by atoms with Crippen molar-refractivity contribution in [1.29, 1.82) is 0 Å². The molecule has 1 rings (SSSR count). The fraction of sp³-hybridized carbons (Fsp3) is 0.222. The van der Waals surface area contributed by atoms with Gasteiger partial charge in [-0.3, -0.25) is 4.79 Å². The van der Waals surface area contributed by atoms with Crippen molar-refractivity contribution in [1.82, 2.24) is 0 Å². The van der Waals surface area contributed by atoms with E-state index in [2.05, 4.69) is 0 Å². The van der Waals surface area contributed by atoms with E-state index in [1.807, 2.05) is 0 Å². The van der Waals surface area contributed by atoms with Crippen LogP contribution in [0, 0.1) is 0 Å². The van der Waals surface area contributed by atoms with Gasteiger partial charge in [0.2, 0.25) is 0 Å². The number of phenols is 1. The molecule has 0 saturated heterocycles. The van der Waals surface area contributed by atoms with E-state index in [-0.39, 0.29) is 38.1 Å². The van der Waals surface area contributed by atoms with Crippen LogP contribution in [0.25, 0.3) is 0 Å². The predicted molar refractivity (Wildman–Crippen MR) is 55.4 cm³/mol. The molecule has 0 saturated carbocycles. The number of hydrogen-bond donors (Lipinski definition) is 3. The molecule has 1 aromatic carbocycles. The van der Waals surface area contributed by atoms with Crippen LogP contribution in [0.5, 0.6) is 5.75 Å². The number of rotatable bonds is 3. The third-order valence-corrected chi connectivity index (χ3v) is 1.71. The third kappa shape index (κ3) is 3.95. The topological polar surface area (TPSA) is 83.5 Å². The molecule has 1 unspecified atom stereocenters. The quantitative estimate of drug-likeness (QED) is 0.618. The van der Waals surface area contributed by atoms with Crippen molar-refractivity contribution in [3.05, 3.63) is 29.8 Å². The number of carbonyl (C=O) groups is 1. The first-order valence-electron chi connectivity index (χ1n) is 3.86. The number of aromatic hydroxyl groups is 1. The molecule has 0 aliphatic carbocycles. The minimum absolute atomic E-state index is 0. The molecule has 0 aromatic heterocycles. The summed E-state index contributed by atoms with van der Waals surface area (Å²) < 4.78 is 0. The SMILES string of the molecule is NC(Cc1ccc(O)cc1)C(=O)O.[H-].[H-].[Mg+2]. The van der Waals surface area contributed by atoms with Gasteiger partial charge in [-0.15, -0.1) is 0 Å². The molecule has 0 aliphatic rings. The number of phenolic OH excluding ortho intramolecular Hbond substituents is 1. The molecule has 0 radical (unpaired) electrons. The van der Waals surface area contributed by atoms with Gasteiger partial charge in [-0.1, -0.05) is 12.1 Å². The standard InChI is InChI=1S/C9H11NO3.Mg.2H/c10-8(9(12)13)5-6-1-3-7(11)4-2-6;;;/h1-4,8,11H,5,10H2,(H,12,13);;;/q;+2;2*-1. The maximum absolute atomic E-state index is 10.4. The van der Waals surface area contributed by atoms with Gasteiger partial charge in [0, 0.05) is 0 Å². The van der Waals surface area contributed by atoms with Gasteiger partial charge in [-0.05, 0) is 24.1 Å². The van der Waals surface area contributed by atoms with Gasteiger partial charge < -0.3 is 18.8 Å². The Hall–Kier alpha value is -0.784. The molecule has 1 aromatic rings. The molecule has 0 bridgehead atoms. The smallest absolute Gasteiger partial charge is 1.00 e. The summed E-state index contributed by atoms with van der Waals surface area (Å²) in [7, 11) is 0. The average molecular weight is 208 g/mol. The molecule has 74 valence electrons. The van der Waals surface area contributed by atoms with Gasteiger partial charge in [0.15, 0.2) is 0 Å². The van der Waals surface area contributed by atoms with Crippen LogP contribution in [0.1, 0.15) is 8.42 Å². The van der Waals surface area contributed by atoms with Gasteiger partial charge in [-0.2, -0.15) is 0 Å². The Labute approximate surface area is 101 Å². The van der Waals surface area contributed by atoms with E-state index in [0.717, 1.165) is 5.56 Å². The van der Waals surface area contributed by atoms with Crippen LogP contribution >= 0.6 is 0 Å². The van der Waals surface area contributed by atoms with Gasteiger partial charge in [0.25, 0.3) is 0 Å². The van der Waals surface area contributed by atoms with E-state index < -0.39 is 12.0 Å². The molecule has 4 nitrogen and oxygen atoms in total. The maximum atomic E-state index is 10.4. The number of hydrogen-bond acceptors (Lipinski definition) is 3. The van der Waals surface area contributed by atoms with Gasteiger partial charge in [0.1, 0.15) is 11.8 Å². The Balaban J connectivity index is -0.000000563. The van der Waals surface area contributed by atoms with E-state index in [4.69, 9.17) is 15.9 Å². The molecular weight excluding hydrogens is 194 g/mol. The number of benzene rings is 1. The van der Waals surface area contributed by atoms with E-state index >= 15 is 0 Å². The fourth-order valence-electron chi connectivity index (χ4n) is 0.973. The van der Waals surface area contributed by atoms with Crippen molar-refractivity contribution >= 4 is 29.0 Å². The number of carboxylic acid groups (broad SMARTS) is 1. The average Bonchev–Trinajstić information content (AvgIpc) is 2.08. The summed E-state index contributed by atoms with van der Waals surface area (Å²) >= 11 is 0. The van der Waals surface area contributed by atoms with Crippen molar-refractivity contribution in [2.75, 3.05) is 0 Å². The molecule has 4 N–H and O–H groups in total. The second-order valence-corrected chi connectivity index (χ2v) is 2.82. The van der Waals surface area contributed by atoms with Crippen LogP contribution in [0.3, 0.4) is 0 Å². The second-order valence-electron chi connectivity index (χ2n) is 2.82. The monoisotopic (exact) mass is 207 g/mol. The molecule has 0 fully saturated rings. The summed E-state index contributed by atoms with van der Waals surface area (Å²) in [5.41, 5.74) is 6.12. The molecule has 5 heteroatoms. The second kappa shape index (κ2) is 5.84. The van der Waals surface area contributed by atoms with Crippen LogP contribution in [-0.4, -0.2) is 45.3 Å². The van der Waals surface area contributed by atoms with Crippen molar-refractivity contribution in [3.63, 3.8) is 0 Å². The van der Waals surface area contributed by atoms with Crippen molar-refractivity contribution < 1.29 is 17.9 Å². The van der Waals surface area contributed by atoms with Crippen LogP contribution in [0.2, 0.25) is 0 Å². The van der Waals surface area contributed by atoms with Crippen LogP contribution < -0.4 is 5.73 Å². The number of carboxylic acids is 1. The largest absolute Gasteiger partial charge is 2.00 e.